The molecule has 0 aromatic heterocycles. The van der Waals surface area contributed by atoms with Gasteiger partial charge in [-0.05, 0) is 50.0 Å². The average molecular weight is 299 g/mol. The van der Waals surface area contributed by atoms with Crippen LogP contribution in [-0.2, 0) is 11.2 Å². The Morgan fingerprint density at radius 3 is 2.95 bits per heavy atom. The van der Waals surface area contributed by atoms with Crippen molar-refractivity contribution < 1.29 is 9.53 Å². The lowest BCUT2D eigenvalue weighted by atomic mass is 10.1. The summed E-state index contributed by atoms with van der Waals surface area (Å²) >= 11 is 0. The summed E-state index contributed by atoms with van der Waals surface area (Å²) in [7, 11) is 3.59. The highest BCUT2D eigenvalue weighted by molar-refractivity contribution is 5.85. The molecule has 2 N–H and O–H groups in total. The van der Waals surface area contributed by atoms with Crippen molar-refractivity contribution in [1.82, 2.24) is 10.6 Å². The fourth-order valence-electron chi connectivity index (χ4n) is 2.65. The minimum Gasteiger partial charge on any atom is -0.496 e. The highest BCUT2D eigenvalue weighted by Crippen LogP contribution is 2.36. The summed E-state index contributed by atoms with van der Waals surface area (Å²) in [5.41, 5.74) is 2.45. The van der Waals surface area contributed by atoms with Crippen molar-refractivity contribution in [2.75, 3.05) is 20.7 Å². The van der Waals surface area contributed by atoms with E-state index in [1.807, 2.05) is 19.2 Å². The molecular weight excluding hydrogens is 276 g/mol. The third kappa shape index (κ3) is 3.87. The number of rotatable bonds is 6. The van der Waals surface area contributed by atoms with Crippen molar-refractivity contribution in [2.24, 2.45) is 0 Å². The molecule has 0 aliphatic heterocycles. The van der Waals surface area contributed by atoms with Gasteiger partial charge in [0.1, 0.15) is 5.75 Å². The third-order valence-electron chi connectivity index (χ3n) is 3.61. The normalized spacial score (nSPS) is 16.2. The summed E-state index contributed by atoms with van der Waals surface area (Å²) in [4.78, 5) is 11.9. The molecular formula is C15H23ClN2O2. The first-order valence-electron chi connectivity index (χ1n) is 6.86. The van der Waals surface area contributed by atoms with E-state index in [1.54, 1.807) is 7.11 Å². The van der Waals surface area contributed by atoms with Gasteiger partial charge in [0.15, 0.2) is 0 Å². The van der Waals surface area contributed by atoms with E-state index < -0.39 is 0 Å². The lowest BCUT2D eigenvalue weighted by Crippen LogP contribution is -2.27. The number of hydrogen-bond donors (Lipinski definition) is 2. The van der Waals surface area contributed by atoms with Gasteiger partial charge >= 0.3 is 0 Å². The van der Waals surface area contributed by atoms with Gasteiger partial charge in [-0.15, -0.1) is 12.4 Å². The standard InChI is InChI=1S/C15H22N2O2.ClH/c1-16-10-4-7-15(18)17-13-9-8-12-11(13)5-3-6-14(12)19-2;/h3,5-6,13,16H,4,7-10H2,1-2H3,(H,17,18);1H. The summed E-state index contributed by atoms with van der Waals surface area (Å²) in [6.45, 7) is 0.877. The smallest absolute Gasteiger partial charge is 0.220 e. The van der Waals surface area contributed by atoms with Crippen molar-refractivity contribution in [3.05, 3.63) is 29.3 Å². The molecule has 0 saturated carbocycles. The Balaban J connectivity index is 0.00000200. The zero-order chi connectivity index (χ0) is 13.7. The predicted molar refractivity (Wildman–Crippen MR) is 82.6 cm³/mol. The molecule has 1 amide bonds. The number of benzene rings is 1. The van der Waals surface area contributed by atoms with Crippen LogP contribution >= 0.6 is 12.4 Å². The Kier molecular flexibility index (Phi) is 6.82. The minimum atomic E-state index is 0. The molecule has 0 saturated heterocycles. The van der Waals surface area contributed by atoms with Crippen LogP contribution in [-0.4, -0.2) is 26.6 Å². The molecule has 1 atom stereocenters. The topological polar surface area (TPSA) is 50.4 Å². The molecule has 20 heavy (non-hydrogen) atoms. The second-order valence-corrected chi connectivity index (χ2v) is 4.89. The van der Waals surface area contributed by atoms with E-state index in [0.29, 0.717) is 6.42 Å². The molecule has 0 heterocycles. The first-order valence-corrected chi connectivity index (χ1v) is 6.86. The molecule has 0 spiro atoms. The van der Waals surface area contributed by atoms with Crippen LogP contribution in [0.1, 0.15) is 36.4 Å². The summed E-state index contributed by atoms with van der Waals surface area (Å²) in [5.74, 6) is 1.07. The van der Waals surface area contributed by atoms with Gasteiger partial charge in [0, 0.05) is 6.42 Å². The number of carbonyl (C=O) groups excluding carboxylic acids is 1. The van der Waals surface area contributed by atoms with Gasteiger partial charge in [-0.1, -0.05) is 12.1 Å². The lowest BCUT2D eigenvalue weighted by molar-refractivity contribution is -0.121. The zero-order valence-corrected chi connectivity index (χ0v) is 12.9. The number of hydrogen-bond acceptors (Lipinski definition) is 3. The zero-order valence-electron chi connectivity index (χ0n) is 12.1. The second-order valence-electron chi connectivity index (χ2n) is 4.89. The maximum absolute atomic E-state index is 11.9. The van der Waals surface area contributed by atoms with Crippen LogP contribution in [0.3, 0.4) is 0 Å². The highest BCUT2D eigenvalue weighted by atomic mass is 35.5. The van der Waals surface area contributed by atoms with Gasteiger partial charge in [0.2, 0.25) is 5.91 Å². The van der Waals surface area contributed by atoms with Crippen LogP contribution in [0.2, 0.25) is 0 Å². The highest BCUT2D eigenvalue weighted by Gasteiger charge is 2.25. The van der Waals surface area contributed by atoms with E-state index in [-0.39, 0.29) is 24.4 Å². The molecule has 1 aliphatic rings. The van der Waals surface area contributed by atoms with E-state index in [9.17, 15) is 4.79 Å². The largest absolute Gasteiger partial charge is 0.496 e. The Bertz CT molecular complexity index is 451. The molecule has 4 nitrogen and oxygen atoms in total. The average Bonchev–Trinajstić information content (AvgIpc) is 2.82. The quantitative estimate of drug-likeness (QED) is 0.792. The fraction of sp³-hybridized carbons (Fsp3) is 0.533. The maximum atomic E-state index is 11.9. The van der Waals surface area contributed by atoms with Crippen LogP contribution in [0.15, 0.2) is 18.2 Å². The number of fused-ring (bicyclic) bond motifs is 1. The van der Waals surface area contributed by atoms with E-state index in [0.717, 1.165) is 31.6 Å². The molecule has 112 valence electrons. The first-order chi connectivity index (χ1) is 9.26. The molecule has 1 aromatic rings. The first kappa shape index (κ1) is 16.8. The third-order valence-corrected chi connectivity index (χ3v) is 3.61. The molecule has 0 radical (unpaired) electrons. The van der Waals surface area contributed by atoms with Crippen molar-refractivity contribution in [2.45, 2.75) is 31.7 Å². The van der Waals surface area contributed by atoms with Crippen LogP contribution in [0.5, 0.6) is 5.75 Å². The van der Waals surface area contributed by atoms with Gasteiger partial charge in [0.25, 0.3) is 0 Å². The summed E-state index contributed by atoms with van der Waals surface area (Å²) < 4.78 is 5.37. The van der Waals surface area contributed by atoms with Crippen LogP contribution in [0.4, 0.5) is 0 Å². The van der Waals surface area contributed by atoms with Crippen LogP contribution < -0.4 is 15.4 Å². The minimum absolute atomic E-state index is 0. The predicted octanol–water partition coefficient (Wildman–Crippen LogP) is 2.22. The van der Waals surface area contributed by atoms with E-state index in [1.165, 1.54) is 11.1 Å². The molecule has 1 unspecified atom stereocenters. The SMILES string of the molecule is CNCCCC(=O)NC1CCc2c(OC)cccc21.Cl. The summed E-state index contributed by atoms with van der Waals surface area (Å²) in [6, 6.07) is 6.20. The van der Waals surface area contributed by atoms with Crippen LogP contribution in [0.25, 0.3) is 0 Å². The van der Waals surface area contributed by atoms with E-state index in [2.05, 4.69) is 16.7 Å². The van der Waals surface area contributed by atoms with Crippen LogP contribution in [0, 0.1) is 0 Å². The molecule has 0 bridgehead atoms. The number of halogens is 1. The monoisotopic (exact) mass is 298 g/mol. The van der Waals surface area contributed by atoms with Crippen molar-refractivity contribution in [3.63, 3.8) is 0 Å². The number of amides is 1. The maximum Gasteiger partial charge on any atom is 0.220 e. The molecule has 1 aliphatic carbocycles. The lowest BCUT2D eigenvalue weighted by Gasteiger charge is -2.14. The number of nitrogens with one attached hydrogen (secondary N) is 2. The van der Waals surface area contributed by atoms with Crippen molar-refractivity contribution >= 4 is 18.3 Å². The fourth-order valence-corrected chi connectivity index (χ4v) is 2.65. The Morgan fingerprint density at radius 2 is 2.25 bits per heavy atom. The second kappa shape index (κ2) is 8.12. The van der Waals surface area contributed by atoms with Gasteiger partial charge in [-0.3, -0.25) is 4.79 Å². The summed E-state index contributed by atoms with van der Waals surface area (Å²) in [5, 5.41) is 6.17. The summed E-state index contributed by atoms with van der Waals surface area (Å²) in [6.07, 6.45) is 3.39. The van der Waals surface area contributed by atoms with Gasteiger partial charge < -0.3 is 15.4 Å². The Morgan fingerprint density at radius 1 is 1.45 bits per heavy atom. The van der Waals surface area contributed by atoms with Crippen molar-refractivity contribution in [1.29, 1.82) is 0 Å². The number of carbonyl (C=O) groups is 1. The molecule has 1 aromatic carbocycles. The molecule has 0 fully saturated rings. The van der Waals surface area contributed by atoms with Gasteiger partial charge in [0.05, 0.1) is 13.2 Å². The van der Waals surface area contributed by atoms with E-state index >= 15 is 0 Å². The number of methoxy groups -OCH3 is 1. The molecule has 2 rings (SSSR count). The molecule has 5 heteroatoms. The van der Waals surface area contributed by atoms with E-state index in [4.69, 9.17) is 4.74 Å². The Hall–Kier alpha value is -1.26. The van der Waals surface area contributed by atoms with Crippen molar-refractivity contribution in [3.8, 4) is 5.75 Å². The van der Waals surface area contributed by atoms with Gasteiger partial charge in [-0.2, -0.15) is 0 Å². The number of ether oxygens (including phenoxy) is 1. The Labute approximate surface area is 126 Å². The van der Waals surface area contributed by atoms with Gasteiger partial charge in [-0.25, -0.2) is 0 Å².